The zero-order chi connectivity index (χ0) is 14.3. The highest BCUT2D eigenvalue weighted by molar-refractivity contribution is 7.88. The van der Waals surface area contributed by atoms with Crippen LogP contribution in [0.5, 0.6) is 0 Å². The van der Waals surface area contributed by atoms with Crippen molar-refractivity contribution in [2.45, 2.75) is 18.8 Å². The number of piperidine rings is 1. The van der Waals surface area contributed by atoms with Crippen molar-refractivity contribution in [2.24, 2.45) is 7.05 Å². The van der Waals surface area contributed by atoms with Crippen molar-refractivity contribution in [3.05, 3.63) is 24.0 Å². The highest BCUT2D eigenvalue weighted by Gasteiger charge is 2.29. The second-order valence-electron chi connectivity index (χ2n) is 5.34. The van der Waals surface area contributed by atoms with Crippen molar-refractivity contribution in [3.8, 4) is 0 Å². The molecule has 1 fully saturated rings. The number of aromatic nitrogens is 3. The first kappa shape index (κ1) is 13.5. The van der Waals surface area contributed by atoms with E-state index < -0.39 is 10.0 Å². The van der Waals surface area contributed by atoms with E-state index in [9.17, 15) is 8.42 Å². The summed E-state index contributed by atoms with van der Waals surface area (Å²) in [6.07, 6.45) is 4.86. The molecule has 1 aliphatic heterocycles. The Labute approximate surface area is 118 Å². The van der Waals surface area contributed by atoms with E-state index >= 15 is 0 Å². The lowest BCUT2D eigenvalue weighted by molar-refractivity contribution is 0.314. The third-order valence-electron chi connectivity index (χ3n) is 3.87. The molecule has 1 unspecified atom stereocenters. The number of nitrogens with zero attached hydrogens (tertiary/aromatic N) is 4. The Morgan fingerprint density at radius 1 is 1.40 bits per heavy atom. The van der Waals surface area contributed by atoms with Gasteiger partial charge in [-0.05, 0) is 25.0 Å². The molecule has 0 radical (unpaired) electrons. The van der Waals surface area contributed by atoms with Gasteiger partial charge in [0.15, 0.2) is 5.65 Å². The zero-order valence-electron chi connectivity index (χ0n) is 11.7. The maximum absolute atomic E-state index is 11.7. The molecule has 20 heavy (non-hydrogen) atoms. The van der Waals surface area contributed by atoms with Gasteiger partial charge in [-0.2, -0.15) is 5.10 Å². The van der Waals surface area contributed by atoms with Gasteiger partial charge in [0.25, 0.3) is 0 Å². The minimum Gasteiger partial charge on any atom is -0.250 e. The van der Waals surface area contributed by atoms with E-state index in [4.69, 9.17) is 0 Å². The number of aryl methyl sites for hydroxylation is 1. The minimum absolute atomic E-state index is 0.145. The first-order valence-electron chi connectivity index (χ1n) is 6.69. The van der Waals surface area contributed by atoms with Crippen LogP contribution in [0.1, 0.15) is 24.5 Å². The van der Waals surface area contributed by atoms with Gasteiger partial charge in [-0.1, -0.05) is 0 Å². The number of sulfonamides is 1. The van der Waals surface area contributed by atoms with E-state index in [0.29, 0.717) is 13.1 Å². The lowest BCUT2D eigenvalue weighted by Gasteiger charge is -2.30. The molecule has 108 valence electrons. The number of pyridine rings is 1. The van der Waals surface area contributed by atoms with E-state index in [0.717, 1.165) is 29.6 Å². The minimum atomic E-state index is -3.13. The fourth-order valence-electron chi connectivity index (χ4n) is 2.89. The van der Waals surface area contributed by atoms with Gasteiger partial charge in [0.05, 0.1) is 11.9 Å². The van der Waals surface area contributed by atoms with Gasteiger partial charge in [0, 0.05) is 37.6 Å². The summed E-state index contributed by atoms with van der Waals surface area (Å²) in [5.74, 6) is 0.145. The lowest BCUT2D eigenvalue weighted by atomic mass is 9.94. The summed E-state index contributed by atoms with van der Waals surface area (Å²) < 4.78 is 26.8. The van der Waals surface area contributed by atoms with Crippen LogP contribution in [-0.4, -0.2) is 46.8 Å². The highest BCUT2D eigenvalue weighted by Crippen LogP contribution is 2.31. The summed E-state index contributed by atoms with van der Waals surface area (Å²) >= 11 is 0. The van der Waals surface area contributed by atoms with E-state index in [2.05, 4.69) is 10.1 Å². The van der Waals surface area contributed by atoms with Gasteiger partial charge < -0.3 is 0 Å². The van der Waals surface area contributed by atoms with E-state index in [1.54, 1.807) is 15.2 Å². The molecule has 2 aromatic heterocycles. The Balaban J connectivity index is 1.99. The van der Waals surface area contributed by atoms with E-state index in [1.165, 1.54) is 6.26 Å². The maximum atomic E-state index is 11.7. The predicted molar refractivity (Wildman–Crippen MR) is 76.9 cm³/mol. The summed E-state index contributed by atoms with van der Waals surface area (Å²) in [5, 5.41) is 5.59. The van der Waals surface area contributed by atoms with Gasteiger partial charge in [-0.25, -0.2) is 17.7 Å². The molecular formula is C13H18N4O2S. The van der Waals surface area contributed by atoms with Crippen molar-refractivity contribution < 1.29 is 8.42 Å². The molecule has 0 bridgehead atoms. The van der Waals surface area contributed by atoms with Crippen LogP contribution in [0, 0.1) is 0 Å². The van der Waals surface area contributed by atoms with Crippen molar-refractivity contribution in [1.29, 1.82) is 0 Å². The van der Waals surface area contributed by atoms with E-state index in [1.807, 2.05) is 19.2 Å². The topological polar surface area (TPSA) is 68.1 Å². The second-order valence-corrected chi connectivity index (χ2v) is 7.33. The van der Waals surface area contributed by atoms with Crippen LogP contribution in [0.4, 0.5) is 0 Å². The predicted octanol–water partition coefficient (Wildman–Crippen LogP) is 1.11. The van der Waals surface area contributed by atoms with Gasteiger partial charge in [-0.3, -0.25) is 4.68 Å². The van der Waals surface area contributed by atoms with Crippen molar-refractivity contribution in [3.63, 3.8) is 0 Å². The molecule has 0 spiro atoms. The molecule has 3 rings (SSSR count). The largest absolute Gasteiger partial charge is 0.250 e. The zero-order valence-corrected chi connectivity index (χ0v) is 12.5. The molecule has 0 N–H and O–H groups in total. The fraction of sp³-hybridized carbons (Fsp3) is 0.538. The molecule has 1 atom stereocenters. The van der Waals surface area contributed by atoms with Crippen LogP contribution in [0.3, 0.4) is 0 Å². The first-order chi connectivity index (χ1) is 9.47. The standard InChI is InChI=1S/C13H18N4O2S/c1-16-13-11(6-3-7-14-13)12(15-16)10-5-4-8-17(9-10)20(2,18)19/h3,6-7,10H,4-5,8-9H2,1-2H3. The SMILES string of the molecule is Cn1nc(C2CCCN(S(C)(=O)=O)C2)c2cccnc21. The quantitative estimate of drug-likeness (QED) is 0.832. The summed E-state index contributed by atoms with van der Waals surface area (Å²) in [4.78, 5) is 4.33. The fourth-order valence-corrected chi connectivity index (χ4v) is 3.80. The molecule has 0 saturated carbocycles. The highest BCUT2D eigenvalue weighted by atomic mass is 32.2. The maximum Gasteiger partial charge on any atom is 0.211 e. The number of hydrogen-bond acceptors (Lipinski definition) is 4. The van der Waals surface area contributed by atoms with Crippen LogP contribution in [0.15, 0.2) is 18.3 Å². The van der Waals surface area contributed by atoms with Crippen LogP contribution >= 0.6 is 0 Å². The third kappa shape index (κ3) is 2.31. The molecule has 1 saturated heterocycles. The number of hydrogen-bond donors (Lipinski definition) is 0. The molecular weight excluding hydrogens is 276 g/mol. The van der Waals surface area contributed by atoms with Gasteiger partial charge in [-0.15, -0.1) is 0 Å². The Morgan fingerprint density at radius 3 is 2.95 bits per heavy atom. The van der Waals surface area contributed by atoms with Gasteiger partial charge >= 0.3 is 0 Å². The molecule has 0 aromatic carbocycles. The first-order valence-corrected chi connectivity index (χ1v) is 8.54. The van der Waals surface area contributed by atoms with E-state index in [-0.39, 0.29) is 5.92 Å². The Kier molecular flexibility index (Phi) is 3.25. The summed E-state index contributed by atoms with van der Waals surface area (Å²) in [6, 6.07) is 3.90. The van der Waals surface area contributed by atoms with Crippen LogP contribution in [-0.2, 0) is 17.1 Å². The van der Waals surface area contributed by atoms with Crippen molar-refractivity contribution >= 4 is 21.1 Å². The monoisotopic (exact) mass is 294 g/mol. The average molecular weight is 294 g/mol. The number of rotatable bonds is 2. The lowest BCUT2D eigenvalue weighted by Crippen LogP contribution is -2.38. The molecule has 0 amide bonds. The van der Waals surface area contributed by atoms with Gasteiger partial charge in [0.2, 0.25) is 10.0 Å². The Hall–Kier alpha value is -1.47. The Bertz CT molecular complexity index is 738. The summed E-state index contributed by atoms with van der Waals surface area (Å²) in [6.45, 7) is 1.12. The van der Waals surface area contributed by atoms with Crippen LogP contribution < -0.4 is 0 Å². The van der Waals surface area contributed by atoms with Crippen LogP contribution in [0.25, 0.3) is 11.0 Å². The second kappa shape index (κ2) is 4.82. The molecule has 2 aromatic rings. The summed E-state index contributed by atoms with van der Waals surface area (Å²) in [7, 11) is -1.26. The third-order valence-corrected chi connectivity index (χ3v) is 5.14. The molecule has 1 aliphatic rings. The average Bonchev–Trinajstić information content (AvgIpc) is 2.76. The molecule has 6 nitrogen and oxygen atoms in total. The Morgan fingerprint density at radius 2 is 2.20 bits per heavy atom. The van der Waals surface area contributed by atoms with Crippen molar-refractivity contribution in [1.82, 2.24) is 19.1 Å². The normalized spacial score (nSPS) is 21.4. The summed E-state index contributed by atoms with van der Waals surface area (Å²) in [5.41, 5.74) is 1.81. The smallest absolute Gasteiger partial charge is 0.211 e. The molecule has 7 heteroatoms. The van der Waals surface area contributed by atoms with Gasteiger partial charge in [0.1, 0.15) is 0 Å². The molecule has 0 aliphatic carbocycles. The number of fused-ring (bicyclic) bond motifs is 1. The van der Waals surface area contributed by atoms with Crippen molar-refractivity contribution in [2.75, 3.05) is 19.3 Å². The molecule has 3 heterocycles. The van der Waals surface area contributed by atoms with Crippen LogP contribution in [0.2, 0.25) is 0 Å².